The van der Waals surface area contributed by atoms with E-state index in [0.717, 1.165) is 68.3 Å². The van der Waals surface area contributed by atoms with Crippen LogP contribution in [0.25, 0.3) is 0 Å². The van der Waals surface area contributed by atoms with E-state index in [0.29, 0.717) is 18.2 Å². The van der Waals surface area contributed by atoms with Crippen molar-refractivity contribution in [1.82, 2.24) is 19.9 Å². The molecule has 1 aliphatic carbocycles. The molecule has 1 atom stereocenters. The van der Waals surface area contributed by atoms with Crippen LogP contribution < -0.4 is 4.90 Å². The van der Waals surface area contributed by atoms with Crippen molar-refractivity contribution in [3.63, 3.8) is 0 Å². The highest BCUT2D eigenvalue weighted by molar-refractivity contribution is 5.77. The van der Waals surface area contributed by atoms with E-state index in [1.54, 1.807) is 0 Å². The van der Waals surface area contributed by atoms with Crippen LogP contribution in [0.1, 0.15) is 80.2 Å². The Morgan fingerprint density at radius 1 is 1.06 bits per heavy atom. The van der Waals surface area contributed by atoms with Gasteiger partial charge in [0.15, 0.2) is 5.82 Å². The van der Waals surface area contributed by atoms with Crippen LogP contribution in [0.2, 0.25) is 0 Å². The number of hydrogen-bond acceptors (Lipinski definition) is 5. The number of aromatic nitrogens is 3. The minimum Gasteiger partial charge on any atom is -0.350 e. The molecule has 0 aromatic carbocycles. The highest BCUT2D eigenvalue weighted by Gasteiger charge is 2.35. The number of carbonyl (C=O) groups is 1. The number of anilines is 1. The maximum Gasteiger partial charge on any atom is 0.223 e. The molecule has 0 radical (unpaired) electrons. The fraction of sp³-hybridized carbons (Fsp3) is 0.600. The zero-order valence-corrected chi connectivity index (χ0v) is 18.6. The molecular weight excluding hydrogens is 386 g/mol. The van der Waals surface area contributed by atoms with E-state index in [2.05, 4.69) is 27.8 Å². The Hall–Kier alpha value is -2.50. The van der Waals surface area contributed by atoms with Gasteiger partial charge >= 0.3 is 0 Å². The molecule has 2 aromatic rings. The zero-order valence-electron chi connectivity index (χ0n) is 18.6. The molecule has 6 nitrogen and oxygen atoms in total. The number of fused-ring (bicyclic) bond motifs is 1. The summed E-state index contributed by atoms with van der Waals surface area (Å²) in [4.78, 5) is 32.1. The molecule has 1 saturated carbocycles. The number of aryl methyl sites for hydroxylation is 1. The lowest BCUT2D eigenvalue weighted by atomic mass is 10.0. The second-order valence-corrected chi connectivity index (χ2v) is 9.42. The third-order valence-electron chi connectivity index (χ3n) is 7.25. The largest absolute Gasteiger partial charge is 0.350 e. The molecule has 0 bridgehead atoms. The van der Waals surface area contributed by atoms with Gasteiger partial charge in [0, 0.05) is 37.0 Å². The third kappa shape index (κ3) is 4.30. The van der Waals surface area contributed by atoms with E-state index in [-0.39, 0.29) is 6.04 Å². The summed E-state index contributed by atoms with van der Waals surface area (Å²) >= 11 is 0. The van der Waals surface area contributed by atoms with Gasteiger partial charge in [0.1, 0.15) is 5.82 Å². The molecule has 164 valence electrons. The molecule has 4 heterocycles. The predicted molar refractivity (Wildman–Crippen MR) is 121 cm³/mol. The van der Waals surface area contributed by atoms with Gasteiger partial charge in [0.25, 0.3) is 0 Å². The molecule has 0 spiro atoms. The summed E-state index contributed by atoms with van der Waals surface area (Å²) in [6.45, 7) is 4.69. The van der Waals surface area contributed by atoms with Gasteiger partial charge in [-0.05, 0) is 63.5 Å². The fourth-order valence-corrected chi connectivity index (χ4v) is 5.61. The molecule has 2 fully saturated rings. The summed E-state index contributed by atoms with van der Waals surface area (Å²) in [5.41, 5.74) is 3.39. The molecule has 3 aliphatic rings. The summed E-state index contributed by atoms with van der Waals surface area (Å²) in [6, 6.07) is 6.09. The molecule has 5 rings (SSSR count). The summed E-state index contributed by atoms with van der Waals surface area (Å²) in [7, 11) is 0. The van der Waals surface area contributed by atoms with E-state index in [1.807, 2.05) is 18.3 Å². The van der Waals surface area contributed by atoms with E-state index >= 15 is 0 Å². The number of pyridine rings is 1. The Morgan fingerprint density at radius 2 is 1.94 bits per heavy atom. The first-order chi connectivity index (χ1) is 15.2. The second kappa shape index (κ2) is 8.93. The molecule has 1 saturated heterocycles. The van der Waals surface area contributed by atoms with E-state index in [1.165, 1.54) is 31.2 Å². The average molecular weight is 420 g/mol. The number of nitrogens with zero attached hydrogens (tertiary/aromatic N) is 5. The van der Waals surface area contributed by atoms with Gasteiger partial charge in [0.05, 0.1) is 18.3 Å². The summed E-state index contributed by atoms with van der Waals surface area (Å²) in [6.07, 6.45) is 11.7. The van der Waals surface area contributed by atoms with Crippen LogP contribution in [0.15, 0.2) is 24.4 Å². The first-order valence-corrected chi connectivity index (χ1v) is 12.0. The molecule has 1 unspecified atom stereocenters. The molecule has 31 heavy (non-hydrogen) atoms. The van der Waals surface area contributed by atoms with Crippen molar-refractivity contribution >= 4 is 11.7 Å². The smallest absolute Gasteiger partial charge is 0.223 e. The van der Waals surface area contributed by atoms with Crippen molar-refractivity contribution in [3.05, 3.63) is 47.2 Å². The van der Waals surface area contributed by atoms with Gasteiger partial charge in [-0.3, -0.25) is 9.78 Å². The van der Waals surface area contributed by atoms with Crippen LogP contribution in [0.3, 0.4) is 0 Å². The van der Waals surface area contributed by atoms with Gasteiger partial charge in [-0.15, -0.1) is 0 Å². The van der Waals surface area contributed by atoms with Crippen molar-refractivity contribution in [1.29, 1.82) is 0 Å². The first kappa shape index (κ1) is 20.4. The molecule has 1 amide bonds. The van der Waals surface area contributed by atoms with E-state index in [9.17, 15) is 4.79 Å². The zero-order chi connectivity index (χ0) is 21.2. The van der Waals surface area contributed by atoms with Gasteiger partial charge in [-0.1, -0.05) is 18.9 Å². The topological polar surface area (TPSA) is 62.2 Å². The summed E-state index contributed by atoms with van der Waals surface area (Å²) in [5.74, 6) is 2.77. The second-order valence-electron chi connectivity index (χ2n) is 9.42. The van der Waals surface area contributed by atoms with E-state index in [4.69, 9.17) is 9.97 Å². The first-order valence-electron chi connectivity index (χ1n) is 12.0. The van der Waals surface area contributed by atoms with Gasteiger partial charge in [0.2, 0.25) is 5.91 Å². The van der Waals surface area contributed by atoms with Gasteiger partial charge in [-0.2, -0.15) is 0 Å². The van der Waals surface area contributed by atoms with Crippen molar-refractivity contribution in [3.8, 4) is 0 Å². The Kier molecular flexibility index (Phi) is 5.88. The SMILES string of the molecule is Cc1nc(C2CCCN2C(=O)CC2CCCC2)nc2c1CCCN2Cc1ccccn1. The molecular formula is C25H33N5O. The third-order valence-corrected chi connectivity index (χ3v) is 7.25. The van der Waals surface area contributed by atoms with Crippen LogP contribution in [0, 0.1) is 12.8 Å². The van der Waals surface area contributed by atoms with Crippen LogP contribution in [0.5, 0.6) is 0 Å². The highest BCUT2D eigenvalue weighted by atomic mass is 16.2. The van der Waals surface area contributed by atoms with Gasteiger partial charge < -0.3 is 9.80 Å². The van der Waals surface area contributed by atoms with Crippen LogP contribution in [-0.4, -0.2) is 38.8 Å². The fourth-order valence-electron chi connectivity index (χ4n) is 5.61. The van der Waals surface area contributed by atoms with Crippen LogP contribution in [0.4, 0.5) is 5.82 Å². The molecule has 0 N–H and O–H groups in total. The monoisotopic (exact) mass is 419 g/mol. The Bertz CT molecular complexity index is 925. The average Bonchev–Trinajstić information content (AvgIpc) is 3.47. The van der Waals surface area contributed by atoms with Crippen LogP contribution >= 0.6 is 0 Å². The Labute approximate surface area is 185 Å². The molecule has 6 heteroatoms. The maximum absolute atomic E-state index is 13.1. The standard InChI is InChI=1S/C25H33N5O/c1-18-21-11-6-14-29(17-20-10-4-5-13-26-20)25(21)28-24(27-18)22-12-7-15-30(22)23(31)16-19-8-2-3-9-19/h4-5,10,13,19,22H,2-3,6-9,11-12,14-17H2,1H3. The van der Waals surface area contributed by atoms with Crippen molar-refractivity contribution in [2.24, 2.45) is 5.92 Å². The molecule has 2 aromatic heterocycles. The highest BCUT2D eigenvalue weighted by Crippen LogP contribution is 2.36. The Morgan fingerprint density at radius 3 is 2.74 bits per heavy atom. The van der Waals surface area contributed by atoms with E-state index < -0.39 is 0 Å². The lowest BCUT2D eigenvalue weighted by Crippen LogP contribution is -2.35. The van der Waals surface area contributed by atoms with Crippen LogP contribution in [-0.2, 0) is 17.8 Å². The number of rotatable bonds is 5. The Balaban J connectivity index is 1.40. The minimum absolute atomic E-state index is 0.0246. The number of amides is 1. The van der Waals surface area contributed by atoms with Crippen molar-refractivity contribution in [2.45, 2.75) is 77.3 Å². The normalized spacial score (nSPS) is 21.5. The maximum atomic E-state index is 13.1. The lowest BCUT2D eigenvalue weighted by molar-refractivity contribution is -0.133. The number of likely N-dealkylation sites (tertiary alicyclic amines) is 1. The summed E-state index contributed by atoms with van der Waals surface area (Å²) in [5, 5.41) is 0. The molecule has 2 aliphatic heterocycles. The predicted octanol–water partition coefficient (Wildman–Crippen LogP) is 4.38. The lowest BCUT2D eigenvalue weighted by Gasteiger charge is -2.32. The minimum atomic E-state index is 0.0246. The quantitative estimate of drug-likeness (QED) is 0.720. The number of hydrogen-bond donors (Lipinski definition) is 0. The van der Waals surface area contributed by atoms with Crippen molar-refractivity contribution < 1.29 is 4.79 Å². The van der Waals surface area contributed by atoms with Gasteiger partial charge in [-0.25, -0.2) is 9.97 Å². The summed E-state index contributed by atoms with van der Waals surface area (Å²) < 4.78 is 0. The van der Waals surface area contributed by atoms with Crippen molar-refractivity contribution in [2.75, 3.05) is 18.0 Å². The number of carbonyl (C=O) groups excluding carboxylic acids is 1.